The second-order valence-electron chi connectivity index (χ2n) is 5.72. The molecule has 2 aromatic carbocycles. The van der Waals surface area contributed by atoms with Crippen LogP contribution in [0.15, 0.2) is 42.7 Å². The van der Waals surface area contributed by atoms with E-state index in [0.29, 0.717) is 11.6 Å². The maximum Gasteiger partial charge on any atom is 0.137 e. The van der Waals surface area contributed by atoms with E-state index in [1.807, 2.05) is 25.1 Å². The largest absolute Gasteiger partial charge is 0.380 e. The third-order valence-electron chi connectivity index (χ3n) is 4.00. The van der Waals surface area contributed by atoms with Crippen LogP contribution in [-0.4, -0.2) is 23.6 Å². The Bertz CT molecular complexity index is 851. The summed E-state index contributed by atoms with van der Waals surface area (Å²) in [5.74, 6) is 0.815. The highest BCUT2D eigenvalue weighted by atomic mass is 35.5. The van der Waals surface area contributed by atoms with Crippen molar-refractivity contribution in [2.45, 2.75) is 20.0 Å². The number of nitrogens with one attached hydrogen (secondary N) is 1. The summed E-state index contributed by atoms with van der Waals surface area (Å²) in [6.45, 7) is 3.41. The van der Waals surface area contributed by atoms with Crippen LogP contribution in [0, 0.1) is 6.92 Å². The number of halogens is 1. The van der Waals surface area contributed by atoms with Crippen molar-refractivity contribution in [2.24, 2.45) is 0 Å². The Morgan fingerprint density at radius 3 is 2.71 bits per heavy atom. The molecule has 0 aliphatic heterocycles. The molecule has 0 aliphatic carbocycles. The molecule has 3 rings (SSSR count). The molecular formula is C19H20ClN3O. The quantitative estimate of drug-likeness (QED) is 0.722. The average molecular weight is 342 g/mol. The number of fused-ring (bicyclic) bond motifs is 1. The van der Waals surface area contributed by atoms with Crippen LogP contribution < -0.4 is 5.32 Å². The van der Waals surface area contributed by atoms with Crippen LogP contribution in [0.1, 0.15) is 16.7 Å². The molecule has 0 saturated heterocycles. The lowest BCUT2D eigenvalue weighted by Crippen LogP contribution is -2.09. The van der Waals surface area contributed by atoms with Gasteiger partial charge in [0.15, 0.2) is 0 Å². The molecule has 124 valence electrons. The number of hydrogen-bond acceptors (Lipinski definition) is 4. The van der Waals surface area contributed by atoms with Crippen molar-refractivity contribution < 1.29 is 4.74 Å². The van der Waals surface area contributed by atoms with Crippen molar-refractivity contribution in [3.8, 4) is 0 Å². The van der Waals surface area contributed by atoms with Gasteiger partial charge in [0, 0.05) is 24.1 Å². The van der Waals surface area contributed by atoms with E-state index in [1.165, 1.54) is 11.1 Å². The fraction of sp³-hybridized carbons (Fsp3) is 0.263. The number of hydrogen-bond donors (Lipinski definition) is 1. The van der Waals surface area contributed by atoms with Crippen LogP contribution >= 0.6 is 11.6 Å². The summed E-state index contributed by atoms with van der Waals surface area (Å²) in [7, 11) is 1.72. The van der Waals surface area contributed by atoms with Crippen molar-refractivity contribution in [3.63, 3.8) is 0 Å². The molecule has 1 heterocycles. The van der Waals surface area contributed by atoms with E-state index in [0.717, 1.165) is 35.2 Å². The SMILES string of the molecule is COCc1ccccc1CCNc1ncnc2c(C)cc(Cl)cc12. The van der Waals surface area contributed by atoms with Gasteiger partial charge in [-0.2, -0.15) is 0 Å². The first kappa shape index (κ1) is 16.7. The summed E-state index contributed by atoms with van der Waals surface area (Å²) in [6, 6.07) is 12.1. The van der Waals surface area contributed by atoms with Gasteiger partial charge >= 0.3 is 0 Å². The normalized spacial score (nSPS) is 11.0. The molecule has 1 aromatic heterocycles. The van der Waals surface area contributed by atoms with E-state index in [2.05, 4.69) is 33.5 Å². The molecule has 24 heavy (non-hydrogen) atoms. The molecule has 0 spiro atoms. The van der Waals surface area contributed by atoms with E-state index in [1.54, 1.807) is 13.4 Å². The standard InChI is InChI=1S/C19H20ClN3O/c1-13-9-16(20)10-17-18(13)22-12-23-19(17)21-8-7-14-5-3-4-6-15(14)11-24-2/h3-6,9-10,12H,7-8,11H2,1-2H3,(H,21,22,23). The van der Waals surface area contributed by atoms with Gasteiger partial charge < -0.3 is 10.1 Å². The zero-order valence-electron chi connectivity index (χ0n) is 13.8. The second-order valence-corrected chi connectivity index (χ2v) is 6.16. The minimum atomic E-state index is 0.626. The third kappa shape index (κ3) is 3.66. The summed E-state index contributed by atoms with van der Waals surface area (Å²) in [5.41, 5.74) is 4.47. The van der Waals surface area contributed by atoms with Crippen LogP contribution in [0.25, 0.3) is 10.9 Å². The number of ether oxygens (including phenoxy) is 1. The maximum atomic E-state index is 6.18. The van der Waals surface area contributed by atoms with Crippen molar-refractivity contribution >= 4 is 28.3 Å². The number of aryl methyl sites for hydroxylation is 1. The van der Waals surface area contributed by atoms with Gasteiger partial charge in [-0.3, -0.25) is 0 Å². The van der Waals surface area contributed by atoms with Gasteiger partial charge in [-0.05, 0) is 42.2 Å². The molecule has 0 bridgehead atoms. The highest BCUT2D eigenvalue weighted by Gasteiger charge is 2.08. The number of methoxy groups -OCH3 is 1. The summed E-state index contributed by atoms with van der Waals surface area (Å²) in [4.78, 5) is 8.73. The third-order valence-corrected chi connectivity index (χ3v) is 4.22. The Balaban J connectivity index is 1.77. The summed E-state index contributed by atoms with van der Waals surface area (Å²) in [5, 5.41) is 5.06. The molecule has 5 heteroatoms. The number of benzene rings is 2. The van der Waals surface area contributed by atoms with E-state index >= 15 is 0 Å². The lowest BCUT2D eigenvalue weighted by molar-refractivity contribution is 0.184. The van der Waals surface area contributed by atoms with Crippen LogP contribution in [0.3, 0.4) is 0 Å². The van der Waals surface area contributed by atoms with Crippen molar-refractivity contribution in [2.75, 3.05) is 19.0 Å². The molecule has 1 N–H and O–H groups in total. The maximum absolute atomic E-state index is 6.18. The molecule has 0 aliphatic rings. The molecule has 0 unspecified atom stereocenters. The number of aromatic nitrogens is 2. The number of rotatable bonds is 6. The van der Waals surface area contributed by atoms with Gasteiger partial charge in [0.25, 0.3) is 0 Å². The Labute approximate surface area is 146 Å². The van der Waals surface area contributed by atoms with Gasteiger partial charge in [-0.25, -0.2) is 9.97 Å². The second kappa shape index (κ2) is 7.60. The van der Waals surface area contributed by atoms with Gasteiger partial charge in [0.05, 0.1) is 12.1 Å². The zero-order valence-corrected chi connectivity index (χ0v) is 14.6. The van der Waals surface area contributed by atoms with Gasteiger partial charge in [0.2, 0.25) is 0 Å². The molecular weight excluding hydrogens is 322 g/mol. The first-order valence-electron chi connectivity index (χ1n) is 7.89. The number of anilines is 1. The molecule has 0 saturated carbocycles. The topological polar surface area (TPSA) is 47.0 Å². The van der Waals surface area contributed by atoms with Crippen molar-refractivity contribution in [3.05, 3.63) is 64.4 Å². The monoisotopic (exact) mass is 341 g/mol. The molecule has 3 aromatic rings. The Kier molecular flexibility index (Phi) is 5.28. The predicted octanol–water partition coefficient (Wildman–Crippen LogP) is 4.39. The zero-order chi connectivity index (χ0) is 16.9. The van der Waals surface area contributed by atoms with Gasteiger partial charge in [0.1, 0.15) is 12.1 Å². The van der Waals surface area contributed by atoms with Crippen molar-refractivity contribution in [1.29, 1.82) is 0 Å². The van der Waals surface area contributed by atoms with Gasteiger partial charge in [-0.15, -0.1) is 0 Å². The highest BCUT2D eigenvalue weighted by molar-refractivity contribution is 6.31. The molecule has 0 fully saturated rings. The first-order chi connectivity index (χ1) is 11.7. The van der Waals surface area contributed by atoms with Crippen LogP contribution in [-0.2, 0) is 17.8 Å². The smallest absolute Gasteiger partial charge is 0.137 e. The first-order valence-corrected chi connectivity index (χ1v) is 8.27. The molecule has 0 amide bonds. The van der Waals surface area contributed by atoms with Crippen LogP contribution in [0.5, 0.6) is 0 Å². The fourth-order valence-electron chi connectivity index (χ4n) is 2.86. The van der Waals surface area contributed by atoms with E-state index < -0.39 is 0 Å². The lowest BCUT2D eigenvalue weighted by Gasteiger charge is -2.12. The average Bonchev–Trinajstić information content (AvgIpc) is 2.57. The van der Waals surface area contributed by atoms with Gasteiger partial charge in [-0.1, -0.05) is 35.9 Å². The summed E-state index contributed by atoms with van der Waals surface area (Å²) in [6.07, 6.45) is 2.48. The Morgan fingerprint density at radius 1 is 1.12 bits per heavy atom. The lowest BCUT2D eigenvalue weighted by atomic mass is 10.1. The van der Waals surface area contributed by atoms with Crippen LogP contribution in [0.4, 0.5) is 5.82 Å². The predicted molar refractivity (Wildman–Crippen MR) is 98.6 cm³/mol. The Morgan fingerprint density at radius 2 is 1.92 bits per heavy atom. The fourth-order valence-corrected chi connectivity index (χ4v) is 3.13. The number of nitrogens with zero attached hydrogens (tertiary/aromatic N) is 2. The summed E-state index contributed by atoms with van der Waals surface area (Å²) >= 11 is 6.18. The Hall–Kier alpha value is -2.17. The van der Waals surface area contributed by atoms with Crippen LogP contribution in [0.2, 0.25) is 5.02 Å². The summed E-state index contributed by atoms with van der Waals surface area (Å²) < 4.78 is 5.26. The molecule has 4 nitrogen and oxygen atoms in total. The van der Waals surface area contributed by atoms with E-state index in [4.69, 9.17) is 16.3 Å². The van der Waals surface area contributed by atoms with Crippen molar-refractivity contribution in [1.82, 2.24) is 9.97 Å². The minimum absolute atomic E-state index is 0.626. The highest BCUT2D eigenvalue weighted by Crippen LogP contribution is 2.26. The van der Waals surface area contributed by atoms with E-state index in [9.17, 15) is 0 Å². The van der Waals surface area contributed by atoms with E-state index in [-0.39, 0.29) is 0 Å². The molecule has 0 radical (unpaired) electrons. The molecule has 0 atom stereocenters. The minimum Gasteiger partial charge on any atom is -0.380 e.